The minimum absolute atomic E-state index is 0.00339. The Morgan fingerprint density at radius 3 is 2.38 bits per heavy atom. The Hall–Kier alpha value is -7.33. The molecule has 5 aromatic rings. The normalized spacial score (nSPS) is 16.0. The molecule has 6 amide bonds. The largest absolute Gasteiger partial charge is 0.494 e. The number of thiazole rings is 1. The standard InChI is InChI=1S/C47H57N13O8S/c1-26-40(69-25-52-26)28-12-10-27(11-13-28)22-50-44(65)34-20-30(61)23-60(34)46(67)41(47(2,3)4)55-37(63)17-16-36(62)49-18-19-59-24-51-42(58-59)31-8-7-9-32(39(31)68-6)53-33-21-35(54-43(64)29-14-15-29)56-57-38(33)45(66)48-5/h7-13,21,24-25,29-30,34,41,61H,14-20,22-23H2,1-6H3,(H,48,66)(H,49,62)(H,50,65)(H,55,63)(H2,53,54,56,64)/t30-,34+,41-/m1/s1. The highest BCUT2D eigenvalue weighted by Crippen LogP contribution is 2.38. The molecule has 364 valence electrons. The minimum Gasteiger partial charge on any atom is -0.494 e. The van der Waals surface area contributed by atoms with Crippen molar-refractivity contribution in [1.29, 1.82) is 0 Å². The zero-order chi connectivity index (χ0) is 49.4. The van der Waals surface area contributed by atoms with Gasteiger partial charge in [0.05, 0.1) is 52.8 Å². The Labute approximate surface area is 402 Å². The number of hydrogen-bond acceptors (Lipinski definition) is 15. The van der Waals surface area contributed by atoms with Crippen LogP contribution in [0.15, 0.2) is 60.4 Å². The van der Waals surface area contributed by atoms with Crippen LogP contribution in [0.2, 0.25) is 0 Å². The highest BCUT2D eigenvalue weighted by atomic mass is 32.1. The van der Waals surface area contributed by atoms with E-state index in [1.165, 1.54) is 36.1 Å². The Balaban J connectivity index is 0.897. The van der Waals surface area contributed by atoms with Gasteiger partial charge >= 0.3 is 0 Å². The summed E-state index contributed by atoms with van der Waals surface area (Å²) in [5, 5.41) is 40.2. The summed E-state index contributed by atoms with van der Waals surface area (Å²) in [7, 11) is 2.95. The number of para-hydroxylation sites is 1. The van der Waals surface area contributed by atoms with Gasteiger partial charge in [0.2, 0.25) is 29.5 Å². The Kier molecular flexibility index (Phi) is 15.6. The van der Waals surface area contributed by atoms with E-state index in [4.69, 9.17) is 4.74 Å². The number of nitrogens with zero attached hydrogens (tertiary/aromatic N) is 7. The number of likely N-dealkylation sites (tertiary alicyclic amines) is 1. The molecule has 7 rings (SSSR count). The van der Waals surface area contributed by atoms with E-state index in [0.29, 0.717) is 22.8 Å². The van der Waals surface area contributed by atoms with Gasteiger partial charge < -0.3 is 46.6 Å². The first-order chi connectivity index (χ1) is 33.0. The van der Waals surface area contributed by atoms with Crippen LogP contribution in [0.1, 0.15) is 74.6 Å². The van der Waals surface area contributed by atoms with Crippen molar-refractivity contribution in [2.24, 2.45) is 11.3 Å². The SMILES string of the molecule is CNC(=O)c1nnc(NC(=O)C2CC2)cc1Nc1cccc(-c2ncn(CCNC(=O)CCC(=O)N[C@H](C(=O)N3C[C@H](O)C[C@H]3C(=O)NCc3ccc(-c4scnc4C)cc3)C(C)(C)C)n2)c1OC. The predicted octanol–water partition coefficient (Wildman–Crippen LogP) is 3.33. The number of nitrogens with one attached hydrogen (secondary N) is 6. The Morgan fingerprint density at radius 1 is 0.942 bits per heavy atom. The lowest BCUT2D eigenvalue weighted by molar-refractivity contribution is -0.144. The molecule has 3 aromatic heterocycles. The van der Waals surface area contributed by atoms with Crippen LogP contribution >= 0.6 is 11.3 Å². The number of aliphatic hydroxyl groups excluding tert-OH is 1. The molecule has 3 atom stereocenters. The molecule has 1 saturated carbocycles. The van der Waals surface area contributed by atoms with Gasteiger partial charge in [-0.1, -0.05) is 51.1 Å². The number of hydrogen-bond donors (Lipinski definition) is 7. The summed E-state index contributed by atoms with van der Waals surface area (Å²) in [6.45, 7) is 7.90. The molecule has 22 heteroatoms. The number of aromatic nitrogens is 6. The molecular weight excluding hydrogens is 907 g/mol. The van der Waals surface area contributed by atoms with Crippen molar-refractivity contribution in [3.63, 3.8) is 0 Å². The monoisotopic (exact) mass is 963 g/mol. The lowest BCUT2D eigenvalue weighted by Crippen LogP contribution is -2.57. The van der Waals surface area contributed by atoms with Crippen LogP contribution in [0.25, 0.3) is 21.8 Å². The number of amides is 6. The fraction of sp³-hybridized carbons (Fsp3) is 0.426. The number of aryl methyl sites for hydroxylation is 1. The number of carbonyl (C=O) groups excluding carboxylic acids is 6. The third-order valence-electron chi connectivity index (χ3n) is 11.7. The van der Waals surface area contributed by atoms with Crippen LogP contribution in [-0.2, 0) is 37.1 Å². The molecule has 0 spiro atoms. The van der Waals surface area contributed by atoms with Crippen LogP contribution in [0.5, 0.6) is 5.75 Å². The predicted molar refractivity (Wildman–Crippen MR) is 256 cm³/mol. The van der Waals surface area contributed by atoms with E-state index in [0.717, 1.165) is 34.5 Å². The summed E-state index contributed by atoms with van der Waals surface area (Å²) in [5.74, 6) is -1.68. The van der Waals surface area contributed by atoms with Crippen molar-refractivity contribution in [3.8, 4) is 27.6 Å². The second-order valence-corrected chi connectivity index (χ2v) is 18.8. The smallest absolute Gasteiger partial charge is 0.273 e. The van der Waals surface area contributed by atoms with Gasteiger partial charge in [0, 0.05) is 57.9 Å². The molecule has 2 aromatic carbocycles. The van der Waals surface area contributed by atoms with Gasteiger partial charge in [-0.3, -0.25) is 33.4 Å². The van der Waals surface area contributed by atoms with Gasteiger partial charge in [0.15, 0.2) is 23.1 Å². The number of aliphatic hydroxyl groups is 1. The van der Waals surface area contributed by atoms with Crippen LogP contribution in [0, 0.1) is 18.3 Å². The number of carbonyl (C=O) groups is 6. The third kappa shape index (κ3) is 12.4. The number of rotatable bonds is 19. The van der Waals surface area contributed by atoms with Gasteiger partial charge in [0.1, 0.15) is 18.4 Å². The minimum atomic E-state index is -1.04. The molecule has 21 nitrogen and oxygen atoms in total. The third-order valence-corrected chi connectivity index (χ3v) is 12.6. The first kappa shape index (κ1) is 49.6. The topological polar surface area (TPSA) is 277 Å². The first-order valence-corrected chi connectivity index (χ1v) is 23.5. The molecule has 0 bridgehead atoms. The zero-order valence-corrected chi connectivity index (χ0v) is 40.1. The van der Waals surface area contributed by atoms with Crippen molar-refractivity contribution in [1.82, 2.24) is 56.1 Å². The van der Waals surface area contributed by atoms with E-state index in [1.807, 2.05) is 31.2 Å². The van der Waals surface area contributed by atoms with Gasteiger partial charge in [-0.2, -0.15) is 5.10 Å². The highest BCUT2D eigenvalue weighted by Gasteiger charge is 2.44. The average Bonchev–Trinajstić information content (AvgIpc) is 3.72. The summed E-state index contributed by atoms with van der Waals surface area (Å²) < 4.78 is 7.31. The number of anilines is 3. The molecular formula is C47H57N13O8S. The molecule has 0 radical (unpaired) electrons. The summed E-state index contributed by atoms with van der Waals surface area (Å²) in [6, 6.07) is 12.6. The average molecular weight is 964 g/mol. The summed E-state index contributed by atoms with van der Waals surface area (Å²) in [4.78, 5) is 89.9. The van der Waals surface area contributed by atoms with Crippen LogP contribution in [-0.4, -0.2) is 121 Å². The second kappa shape index (κ2) is 21.7. The number of β-amino-alcohol motifs (C(OH)–C–C–N with tert-alkyl or cyclic N) is 1. The van der Waals surface area contributed by atoms with E-state index in [-0.39, 0.29) is 74.5 Å². The van der Waals surface area contributed by atoms with Crippen LogP contribution < -0.4 is 36.6 Å². The van der Waals surface area contributed by atoms with Crippen molar-refractivity contribution in [3.05, 3.63) is 77.3 Å². The fourth-order valence-electron chi connectivity index (χ4n) is 7.75. The number of ether oxygens (including phenoxy) is 1. The van der Waals surface area contributed by atoms with E-state index in [1.54, 1.807) is 55.8 Å². The molecule has 1 aliphatic heterocycles. The fourth-order valence-corrected chi connectivity index (χ4v) is 8.56. The lowest BCUT2D eigenvalue weighted by atomic mass is 9.85. The van der Waals surface area contributed by atoms with E-state index in [2.05, 4.69) is 57.2 Å². The van der Waals surface area contributed by atoms with Gasteiger partial charge in [-0.15, -0.1) is 21.5 Å². The van der Waals surface area contributed by atoms with E-state index < -0.39 is 53.1 Å². The van der Waals surface area contributed by atoms with E-state index in [9.17, 15) is 33.9 Å². The second-order valence-electron chi connectivity index (χ2n) is 18.0. The molecule has 4 heterocycles. The number of benzene rings is 2. The summed E-state index contributed by atoms with van der Waals surface area (Å²) in [5.41, 5.74) is 5.11. The maximum absolute atomic E-state index is 14.1. The zero-order valence-electron chi connectivity index (χ0n) is 39.3. The molecule has 69 heavy (non-hydrogen) atoms. The first-order valence-electron chi connectivity index (χ1n) is 22.6. The summed E-state index contributed by atoms with van der Waals surface area (Å²) >= 11 is 1.56. The molecule has 0 unspecified atom stereocenters. The Morgan fingerprint density at radius 2 is 1.70 bits per heavy atom. The number of methoxy groups -OCH3 is 1. The lowest BCUT2D eigenvalue weighted by Gasteiger charge is -2.35. The van der Waals surface area contributed by atoms with Crippen molar-refractivity contribution in [2.75, 3.05) is 37.9 Å². The molecule has 2 aliphatic rings. The summed E-state index contributed by atoms with van der Waals surface area (Å²) in [6.07, 6.45) is 1.89. The highest BCUT2D eigenvalue weighted by molar-refractivity contribution is 7.13. The van der Waals surface area contributed by atoms with Gasteiger partial charge in [-0.25, -0.2) is 9.97 Å². The van der Waals surface area contributed by atoms with E-state index >= 15 is 0 Å². The Bertz CT molecular complexity index is 2700. The maximum Gasteiger partial charge on any atom is 0.273 e. The molecule has 1 aliphatic carbocycles. The van der Waals surface area contributed by atoms with Crippen molar-refractivity contribution >= 4 is 64.0 Å². The molecule has 2 fully saturated rings. The van der Waals surface area contributed by atoms with Gasteiger partial charge in [-0.05, 0) is 48.4 Å². The van der Waals surface area contributed by atoms with Crippen LogP contribution in [0.4, 0.5) is 17.2 Å². The van der Waals surface area contributed by atoms with Crippen molar-refractivity contribution < 1.29 is 38.6 Å². The molecule has 7 N–H and O–H groups in total. The van der Waals surface area contributed by atoms with Crippen LogP contribution in [0.3, 0.4) is 0 Å². The van der Waals surface area contributed by atoms with Crippen molar-refractivity contribution in [2.45, 2.75) is 91.1 Å². The maximum atomic E-state index is 14.1. The quantitative estimate of drug-likeness (QED) is 0.0626. The molecule has 1 saturated heterocycles. The van der Waals surface area contributed by atoms with Gasteiger partial charge in [0.25, 0.3) is 5.91 Å².